The third kappa shape index (κ3) is 7.43. The van der Waals surface area contributed by atoms with E-state index in [0.717, 1.165) is 6.42 Å². The SMILES string of the molecule is CC12CCC(CCCCNC(=O)c3cnc(OCC(O)CNC(C)(C)C)s3)(CC1)CC2. The second-order valence-corrected chi connectivity index (χ2v) is 12.1. The van der Waals surface area contributed by atoms with Gasteiger partial charge in [0.2, 0.25) is 0 Å². The summed E-state index contributed by atoms with van der Waals surface area (Å²) >= 11 is 1.22. The largest absolute Gasteiger partial charge is 0.467 e. The van der Waals surface area contributed by atoms with Crippen LogP contribution >= 0.6 is 11.3 Å². The van der Waals surface area contributed by atoms with Crippen LogP contribution in [0.4, 0.5) is 0 Å². The first-order valence-electron chi connectivity index (χ1n) is 11.9. The van der Waals surface area contributed by atoms with Gasteiger partial charge in [-0.1, -0.05) is 24.7 Å². The second kappa shape index (κ2) is 10.2. The van der Waals surface area contributed by atoms with Crippen LogP contribution in [-0.4, -0.2) is 47.3 Å². The number of amides is 1. The number of rotatable bonds is 11. The molecule has 31 heavy (non-hydrogen) atoms. The molecule has 4 rings (SSSR count). The Hall–Kier alpha value is -1.18. The lowest BCUT2D eigenvalue weighted by Crippen LogP contribution is -2.42. The van der Waals surface area contributed by atoms with E-state index in [4.69, 9.17) is 4.74 Å². The van der Waals surface area contributed by atoms with Crippen LogP contribution in [0.1, 0.15) is 95.2 Å². The molecule has 1 atom stereocenters. The minimum absolute atomic E-state index is 0.0543. The van der Waals surface area contributed by atoms with Crippen molar-refractivity contribution in [3.05, 3.63) is 11.1 Å². The van der Waals surface area contributed by atoms with Crippen molar-refractivity contribution in [2.24, 2.45) is 10.8 Å². The Kier molecular flexibility index (Phi) is 8.03. The van der Waals surface area contributed by atoms with Crippen LogP contribution in [0.15, 0.2) is 6.20 Å². The second-order valence-electron chi connectivity index (χ2n) is 11.1. The molecule has 1 aromatic rings. The number of hydrogen-bond donors (Lipinski definition) is 3. The van der Waals surface area contributed by atoms with Crippen LogP contribution in [0.2, 0.25) is 0 Å². The predicted octanol–water partition coefficient (Wildman–Crippen LogP) is 4.53. The van der Waals surface area contributed by atoms with Crippen LogP contribution in [-0.2, 0) is 0 Å². The van der Waals surface area contributed by atoms with Crippen molar-refractivity contribution in [3.63, 3.8) is 0 Å². The number of fused-ring (bicyclic) bond motifs is 3. The molecular formula is C24H41N3O3S. The van der Waals surface area contributed by atoms with Gasteiger partial charge in [-0.3, -0.25) is 4.79 Å². The first-order valence-corrected chi connectivity index (χ1v) is 12.7. The summed E-state index contributed by atoms with van der Waals surface area (Å²) in [4.78, 5) is 17.1. The average Bonchev–Trinajstić information content (AvgIpc) is 3.20. The molecule has 0 aliphatic heterocycles. The van der Waals surface area contributed by atoms with Crippen molar-refractivity contribution >= 4 is 17.2 Å². The standard InChI is InChI=1S/C24H41N3O3S/c1-22(2,3)27-15-18(28)17-30-21-26-16-19(31-21)20(29)25-14-6-5-7-24-11-8-23(4,9-12-24)10-13-24/h16,18,27-28H,5-15,17H2,1-4H3,(H,25,29). The Morgan fingerprint density at radius 3 is 2.55 bits per heavy atom. The van der Waals surface area contributed by atoms with Gasteiger partial charge in [0, 0.05) is 18.6 Å². The molecule has 176 valence electrons. The number of nitrogens with one attached hydrogen (secondary N) is 2. The number of carbonyl (C=O) groups excluding carboxylic acids is 1. The van der Waals surface area contributed by atoms with Crippen molar-refractivity contribution in [1.82, 2.24) is 15.6 Å². The maximum Gasteiger partial charge on any atom is 0.273 e. The van der Waals surface area contributed by atoms with E-state index in [9.17, 15) is 9.90 Å². The van der Waals surface area contributed by atoms with Crippen molar-refractivity contribution in [2.75, 3.05) is 19.7 Å². The van der Waals surface area contributed by atoms with E-state index in [1.165, 1.54) is 62.7 Å². The number of carbonyl (C=O) groups is 1. The van der Waals surface area contributed by atoms with Gasteiger partial charge in [-0.15, -0.1) is 0 Å². The first-order chi connectivity index (χ1) is 14.6. The molecule has 0 spiro atoms. The molecule has 1 heterocycles. The summed E-state index contributed by atoms with van der Waals surface area (Å²) in [6.07, 6.45) is 12.9. The molecule has 6 nitrogen and oxygen atoms in total. The zero-order chi connectivity index (χ0) is 22.5. The third-order valence-electron chi connectivity index (χ3n) is 7.17. The Bertz CT molecular complexity index is 703. The predicted molar refractivity (Wildman–Crippen MR) is 126 cm³/mol. The van der Waals surface area contributed by atoms with Gasteiger partial charge in [0.05, 0.1) is 6.20 Å². The summed E-state index contributed by atoms with van der Waals surface area (Å²) in [7, 11) is 0. The van der Waals surface area contributed by atoms with Gasteiger partial charge in [0.15, 0.2) is 0 Å². The van der Waals surface area contributed by atoms with Crippen molar-refractivity contribution in [1.29, 1.82) is 0 Å². The number of ether oxygens (including phenoxy) is 1. The fourth-order valence-electron chi connectivity index (χ4n) is 4.82. The molecule has 1 aromatic heterocycles. The van der Waals surface area contributed by atoms with Gasteiger partial charge >= 0.3 is 0 Å². The molecule has 3 N–H and O–H groups in total. The van der Waals surface area contributed by atoms with Crippen LogP contribution in [0.5, 0.6) is 5.19 Å². The third-order valence-corrected chi connectivity index (χ3v) is 8.08. The number of β-amino-alcohol motifs (C(OH)–C–C–N with tert-alkyl or cyclic N) is 1. The minimum atomic E-state index is -0.623. The normalized spacial score (nSPS) is 26.6. The molecule has 7 heteroatoms. The van der Waals surface area contributed by atoms with Gasteiger partial charge in [-0.05, 0) is 83.0 Å². The van der Waals surface area contributed by atoms with E-state index in [2.05, 4.69) is 22.5 Å². The zero-order valence-corrected chi connectivity index (χ0v) is 20.6. The Labute approximate surface area is 191 Å². The Morgan fingerprint density at radius 2 is 1.90 bits per heavy atom. The first kappa shape index (κ1) is 24.5. The molecule has 1 unspecified atom stereocenters. The fraction of sp³-hybridized carbons (Fsp3) is 0.833. The molecule has 3 aliphatic rings. The highest BCUT2D eigenvalue weighted by Crippen LogP contribution is 2.58. The van der Waals surface area contributed by atoms with Crippen LogP contribution in [0, 0.1) is 10.8 Å². The number of nitrogens with zero attached hydrogens (tertiary/aromatic N) is 1. The number of unbranched alkanes of at least 4 members (excludes halogenated alkanes) is 1. The van der Waals surface area contributed by atoms with E-state index < -0.39 is 6.10 Å². The summed E-state index contributed by atoms with van der Waals surface area (Å²) in [6.45, 7) is 9.91. The fourth-order valence-corrected chi connectivity index (χ4v) is 5.51. The summed E-state index contributed by atoms with van der Waals surface area (Å²) in [5.41, 5.74) is 1.17. The topological polar surface area (TPSA) is 83.5 Å². The van der Waals surface area contributed by atoms with Crippen molar-refractivity contribution in [2.45, 2.75) is 97.1 Å². The zero-order valence-electron chi connectivity index (χ0n) is 19.8. The maximum absolute atomic E-state index is 12.4. The summed E-state index contributed by atoms with van der Waals surface area (Å²) in [5, 5.41) is 16.7. The number of thiazole rings is 1. The molecule has 3 fully saturated rings. The number of aliphatic hydroxyl groups excluding tert-OH is 1. The van der Waals surface area contributed by atoms with E-state index in [1.807, 2.05) is 20.8 Å². The van der Waals surface area contributed by atoms with Crippen molar-refractivity contribution < 1.29 is 14.6 Å². The highest BCUT2D eigenvalue weighted by molar-refractivity contribution is 7.15. The van der Waals surface area contributed by atoms with Gasteiger partial charge < -0.3 is 20.5 Å². The quantitative estimate of drug-likeness (QED) is 0.431. The molecular weight excluding hydrogens is 410 g/mol. The smallest absolute Gasteiger partial charge is 0.273 e. The lowest BCUT2D eigenvalue weighted by atomic mass is 9.53. The van der Waals surface area contributed by atoms with Gasteiger partial charge in [0.1, 0.15) is 17.6 Å². The lowest BCUT2D eigenvalue weighted by molar-refractivity contribution is -0.00400. The van der Waals surface area contributed by atoms with Crippen molar-refractivity contribution in [3.8, 4) is 5.19 Å². The highest BCUT2D eigenvalue weighted by atomic mass is 32.1. The molecule has 3 saturated carbocycles. The molecule has 0 radical (unpaired) electrons. The number of aliphatic hydroxyl groups is 1. The van der Waals surface area contributed by atoms with Gasteiger partial charge in [-0.2, -0.15) is 0 Å². The van der Waals surface area contributed by atoms with E-state index in [-0.39, 0.29) is 18.1 Å². The monoisotopic (exact) mass is 451 g/mol. The lowest BCUT2D eigenvalue weighted by Gasteiger charge is -2.52. The average molecular weight is 452 g/mol. The van der Waals surface area contributed by atoms with Crippen LogP contribution in [0.3, 0.4) is 0 Å². The van der Waals surface area contributed by atoms with E-state index >= 15 is 0 Å². The number of aromatic nitrogens is 1. The maximum atomic E-state index is 12.4. The van der Waals surface area contributed by atoms with Gasteiger partial charge in [0.25, 0.3) is 11.1 Å². The molecule has 1 amide bonds. The molecule has 2 bridgehead atoms. The van der Waals surface area contributed by atoms with Crippen LogP contribution in [0.25, 0.3) is 0 Å². The Balaban J connectivity index is 1.30. The summed E-state index contributed by atoms with van der Waals surface area (Å²) in [5.74, 6) is -0.0911. The Morgan fingerprint density at radius 1 is 1.23 bits per heavy atom. The van der Waals surface area contributed by atoms with Gasteiger partial charge in [-0.25, -0.2) is 4.98 Å². The summed E-state index contributed by atoms with van der Waals surface area (Å²) in [6, 6.07) is 0. The molecule has 0 saturated heterocycles. The minimum Gasteiger partial charge on any atom is -0.467 e. The highest BCUT2D eigenvalue weighted by Gasteiger charge is 2.45. The van der Waals surface area contributed by atoms with E-state index in [0.29, 0.717) is 34.0 Å². The molecule has 3 aliphatic carbocycles. The number of hydrogen-bond acceptors (Lipinski definition) is 6. The summed E-state index contributed by atoms with van der Waals surface area (Å²) < 4.78 is 5.55. The van der Waals surface area contributed by atoms with E-state index in [1.54, 1.807) is 6.20 Å². The van der Waals surface area contributed by atoms with Crippen LogP contribution < -0.4 is 15.4 Å². The molecule has 0 aromatic carbocycles.